The number of carbonyl (C=O) groups is 1. The zero-order valence-electron chi connectivity index (χ0n) is 15.0. The molecular weight excluding hydrogens is 344 g/mol. The van der Waals surface area contributed by atoms with Gasteiger partial charge in [0.25, 0.3) is 5.56 Å². The summed E-state index contributed by atoms with van der Waals surface area (Å²) < 4.78 is 6.71. The van der Waals surface area contributed by atoms with Crippen molar-refractivity contribution in [1.29, 1.82) is 0 Å². The van der Waals surface area contributed by atoms with Crippen molar-refractivity contribution in [1.82, 2.24) is 14.8 Å². The van der Waals surface area contributed by atoms with Crippen LogP contribution >= 0.6 is 0 Å². The van der Waals surface area contributed by atoms with Gasteiger partial charge in [0.15, 0.2) is 11.5 Å². The van der Waals surface area contributed by atoms with Crippen molar-refractivity contribution in [2.75, 3.05) is 11.9 Å². The predicted molar refractivity (Wildman–Crippen MR) is 101 cm³/mol. The molecule has 0 fully saturated rings. The number of rotatable bonds is 3. The minimum atomic E-state index is -1.33. The Morgan fingerprint density at radius 3 is 2.59 bits per heavy atom. The second-order valence-corrected chi connectivity index (χ2v) is 6.33. The van der Waals surface area contributed by atoms with Crippen molar-refractivity contribution >= 4 is 11.7 Å². The van der Waals surface area contributed by atoms with Gasteiger partial charge in [0.05, 0.1) is 6.61 Å². The first-order valence-electron chi connectivity index (χ1n) is 8.66. The fraction of sp³-hybridized carbons (Fsp3) is 0.200. The smallest absolute Gasteiger partial charge is 0.354 e. The normalized spacial score (nSPS) is 17.4. The van der Waals surface area contributed by atoms with Crippen LogP contribution in [0.1, 0.15) is 13.8 Å². The first kappa shape index (κ1) is 17.0. The van der Waals surface area contributed by atoms with E-state index in [4.69, 9.17) is 4.74 Å². The number of esters is 1. The molecule has 1 aliphatic rings. The van der Waals surface area contributed by atoms with Gasteiger partial charge in [-0.05, 0) is 26.0 Å². The van der Waals surface area contributed by atoms with E-state index < -0.39 is 17.2 Å². The lowest BCUT2D eigenvalue weighted by molar-refractivity contribution is -0.152. The third kappa shape index (κ3) is 2.68. The van der Waals surface area contributed by atoms with Gasteiger partial charge >= 0.3 is 5.97 Å². The quantitative estimate of drug-likeness (QED) is 0.721. The molecule has 1 aliphatic heterocycles. The Morgan fingerprint density at radius 1 is 1.15 bits per heavy atom. The largest absolute Gasteiger partial charge is 0.463 e. The number of aromatic nitrogens is 3. The first-order valence-corrected chi connectivity index (χ1v) is 8.66. The average molecular weight is 362 g/mol. The van der Waals surface area contributed by atoms with Crippen LogP contribution in [0.3, 0.4) is 0 Å². The highest BCUT2D eigenvalue weighted by atomic mass is 16.5. The van der Waals surface area contributed by atoms with Crippen LogP contribution < -0.4 is 10.9 Å². The maximum atomic E-state index is 12.8. The van der Waals surface area contributed by atoms with Crippen LogP contribution in [0.2, 0.25) is 0 Å². The lowest BCUT2D eigenvalue weighted by Crippen LogP contribution is -2.51. The van der Waals surface area contributed by atoms with Gasteiger partial charge in [-0.3, -0.25) is 4.79 Å². The van der Waals surface area contributed by atoms with Gasteiger partial charge in [0, 0.05) is 16.8 Å². The maximum absolute atomic E-state index is 12.8. The molecule has 0 radical (unpaired) electrons. The zero-order chi connectivity index (χ0) is 19.0. The van der Waals surface area contributed by atoms with E-state index in [1.54, 1.807) is 26.0 Å². The summed E-state index contributed by atoms with van der Waals surface area (Å²) in [5, 5.41) is 7.71. The monoisotopic (exact) mass is 362 g/mol. The number of benzene rings is 2. The second kappa shape index (κ2) is 6.35. The van der Waals surface area contributed by atoms with E-state index in [-0.39, 0.29) is 12.3 Å². The van der Waals surface area contributed by atoms with Gasteiger partial charge in [-0.2, -0.15) is 10.1 Å². The third-order valence-electron chi connectivity index (χ3n) is 4.50. The molecule has 27 heavy (non-hydrogen) atoms. The number of nitrogens with zero attached hydrogens (tertiary/aromatic N) is 3. The maximum Gasteiger partial charge on any atom is 0.354 e. The second-order valence-electron chi connectivity index (χ2n) is 6.33. The lowest BCUT2D eigenvalue weighted by Gasteiger charge is -2.36. The van der Waals surface area contributed by atoms with Crippen LogP contribution in [0.4, 0.5) is 5.69 Å². The summed E-state index contributed by atoms with van der Waals surface area (Å²) in [7, 11) is 0. The molecule has 1 atom stereocenters. The van der Waals surface area contributed by atoms with Crippen LogP contribution in [0, 0.1) is 0 Å². The highest BCUT2D eigenvalue weighted by Crippen LogP contribution is 2.37. The highest BCUT2D eigenvalue weighted by Gasteiger charge is 2.44. The van der Waals surface area contributed by atoms with E-state index in [2.05, 4.69) is 15.4 Å². The van der Waals surface area contributed by atoms with Gasteiger partial charge in [-0.15, -0.1) is 0 Å². The molecule has 7 heteroatoms. The summed E-state index contributed by atoms with van der Waals surface area (Å²) in [5.41, 5.74) is 0.420. The van der Waals surface area contributed by atoms with Crippen molar-refractivity contribution in [2.24, 2.45) is 0 Å². The lowest BCUT2D eigenvalue weighted by atomic mass is 10.0. The van der Waals surface area contributed by atoms with E-state index >= 15 is 0 Å². The number of fused-ring (bicyclic) bond motifs is 3. The number of ether oxygens (including phenoxy) is 1. The molecule has 1 N–H and O–H groups in total. The Kier molecular flexibility index (Phi) is 3.99. The molecule has 0 saturated heterocycles. The van der Waals surface area contributed by atoms with Gasteiger partial charge in [-0.1, -0.05) is 42.5 Å². The zero-order valence-corrected chi connectivity index (χ0v) is 15.0. The molecule has 0 amide bonds. The van der Waals surface area contributed by atoms with E-state index in [9.17, 15) is 9.59 Å². The SMILES string of the molecule is CCOC(=O)[C@]1(C)Nc2ccccc2-c2nc(=O)c(-c3ccccc3)nn21. The van der Waals surface area contributed by atoms with E-state index in [0.717, 1.165) is 0 Å². The number of para-hydroxylation sites is 1. The fourth-order valence-corrected chi connectivity index (χ4v) is 3.16. The molecule has 0 aliphatic carbocycles. The first-order chi connectivity index (χ1) is 13.0. The Hall–Kier alpha value is -3.48. The summed E-state index contributed by atoms with van der Waals surface area (Å²) in [4.78, 5) is 29.7. The minimum Gasteiger partial charge on any atom is -0.463 e. The Balaban J connectivity index is 2.00. The predicted octanol–water partition coefficient (Wildman–Crippen LogP) is 2.63. The molecule has 7 nitrogen and oxygen atoms in total. The molecule has 1 aromatic heterocycles. The van der Waals surface area contributed by atoms with E-state index in [0.29, 0.717) is 22.6 Å². The number of hydrogen-bond donors (Lipinski definition) is 1. The highest BCUT2D eigenvalue weighted by molar-refractivity contribution is 5.88. The van der Waals surface area contributed by atoms with Crippen LogP contribution in [-0.4, -0.2) is 27.3 Å². The number of nitrogens with one attached hydrogen (secondary N) is 1. The van der Waals surface area contributed by atoms with Crippen LogP contribution in [0.15, 0.2) is 59.4 Å². The summed E-state index contributed by atoms with van der Waals surface area (Å²) in [5.74, 6) is -0.178. The molecule has 136 valence electrons. The van der Waals surface area contributed by atoms with Gasteiger partial charge < -0.3 is 10.1 Å². The molecule has 0 unspecified atom stereocenters. The molecule has 0 saturated carbocycles. The topological polar surface area (TPSA) is 86.1 Å². The summed E-state index contributed by atoms with van der Waals surface area (Å²) in [6, 6.07) is 16.4. The van der Waals surface area contributed by atoms with E-state index in [1.165, 1.54) is 4.68 Å². The molecule has 0 spiro atoms. The van der Waals surface area contributed by atoms with Crippen molar-refractivity contribution in [2.45, 2.75) is 19.5 Å². The molecule has 2 aromatic carbocycles. The van der Waals surface area contributed by atoms with Crippen LogP contribution in [-0.2, 0) is 15.2 Å². The number of carbonyl (C=O) groups excluding carboxylic acids is 1. The van der Waals surface area contributed by atoms with Crippen LogP contribution in [0.5, 0.6) is 0 Å². The number of anilines is 1. The van der Waals surface area contributed by atoms with Crippen molar-refractivity contribution < 1.29 is 9.53 Å². The van der Waals surface area contributed by atoms with Gasteiger partial charge in [0.2, 0.25) is 5.66 Å². The fourth-order valence-electron chi connectivity index (χ4n) is 3.16. The Labute approximate surface area is 155 Å². The average Bonchev–Trinajstić information content (AvgIpc) is 2.68. The Morgan fingerprint density at radius 2 is 1.85 bits per heavy atom. The summed E-state index contributed by atoms with van der Waals surface area (Å²) in [6.07, 6.45) is 0. The Bertz CT molecular complexity index is 1080. The molecule has 4 rings (SSSR count). The molecular formula is C20H18N4O3. The summed E-state index contributed by atoms with van der Waals surface area (Å²) >= 11 is 0. The summed E-state index contributed by atoms with van der Waals surface area (Å²) in [6.45, 7) is 3.63. The van der Waals surface area contributed by atoms with Gasteiger partial charge in [0.1, 0.15) is 0 Å². The van der Waals surface area contributed by atoms with Crippen LogP contribution in [0.25, 0.3) is 22.6 Å². The molecule has 0 bridgehead atoms. The standard InChI is InChI=1S/C20H18N4O3/c1-3-27-19(26)20(2)22-15-12-8-7-11-14(15)17-21-18(25)16(23-24(17)20)13-9-5-4-6-10-13/h4-12,22H,3H2,1-2H3/t20-/m1/s1. The van der Waals surface area contributed by atoms with Gasteiger partial charge in [-0.25, -0.2) is 9.48 Å². The van der Waals surface area contributed by atoms with E-state index in [1.807, 2.05) is 42.5 Å². The van der Waals surface area contributed by atoms with Crippen molar-refractivity contribution in [3.8, 4) is 22.6 Å². The minimum absolute atomic E-state index is 0.177. The third-order valence-corrected chi connectivity index (χ3v) is 4.50. The molecule has 2 heterocycles. The van der Waals surface area contributed by atoms with Crippen molar-refractivity contribution in [3.05, 3.63) is 65.0 Å². The van der Waals surface area contributed by atoms with Crippen molar-refractivity contribution in [3.63, 3.8) is 0 Å². The molecule has 3 aromatic rings. The number of hydrogen-bond acceptors (Lipinski definition) is 6.